The van der Waals surface area contributed by atoms with Crippen LogP contribution in [0.15, 0.2) is 24.3 Å². The van der Waals surface area contributed by atoms with Gasteiger partial charge in [-0.05, 0) is 51.9 Å². The predicted octanol–water partition coefficient (Wildman–Crippen LogP) is 2.10. The van der Waals surface area contributed by atoms with Gasteiger partial charge in [0.15, 0.2) is 0 Å². The van der Waals surface area contributed by atoms with Crippen molar-refractivity contribution in [2.75, 3.05) is 14.1 Å². The molecule has 0 bridgehead atoms. The average molecular weight is 249 g/mol. The molecule has 1 rings (SSSR count). The maximum Gasteiger partial charge on any atom is 0.0432 e. The highest BCUT2D eigenvalue weighted by molar-refractivity contribution is 5.27. The standard InChI is InChI=1S/C15H27N3/c1-6-15(3,18(4)5)14(17-16)11-13-10-8-7-9-12(13)2/h7-10,14,17H,6,11,16H2,1-5H3. The second-order valence-corrected chi connectivity index (χ2v) is 5.46. The summed E-state index contributed by atoms with van der Waals surface area (Å²) in [5, 5.41) is 0. The Labute approximate surface area is 111 Å². The highest BCUT2D eigenvalue weighted by atomic mass is 15.3. The molecule has 0 radical (unpaired) electrons. The summed E-state index contributed by atoms with van der Waals surface area (Å²) in [7, 11) is 4.23. The van der Waals surface area contributed by atoms with Crippen LogP contribution in [0.3, 0.4) is 0 Å². The molecule has 1 aromatic rings. The van der Waals surface area contributed by atoms with Crippen LogP contribution in [-0.2, 0) is 6.42 Å². The summed E-state index contributed by atoms with van der Waals surface area (Å²) in [5.74, 6) is 5.79. The molecular formula is C15H27N3. The number of nitrogens with zero attached hydrogens (tertiary/aromatic N) is 1. The number of hydrogen-bond acceptors (Lipinski definition) is 3. The molecule has 3 nitrogen and oxygen atoms in total. The number of hydrazine groups is 1. The first-order valence-corrected chi connectivity index (χ1v) is 6.63. The highest BCUT2D eigenvalue weighted by Crippen LogP contribution is 2.24. The zero-order valence-corrected chi connectivity index (χ0v) is 12.3. The van der Waals surface area contributed by atoms with Crippen LogP contribution in [0.1, 0.15) is 31.4 Å². The third kappa shape index (κ3) is 3.10. The van der Waals surface area contributed by atoms with Crippen LogP contribution in [0, 0.1) is 6.92 Å². The van der Waals surface area contributed by atoms with E-state index in [2.05, 4.69) is 69.5 Å². The first-order valence-electron chi connectivity index (χ1n) is 6.63. The smallest absolute Gasteiger partial charge is 0.0432 e. The van der Waals surface area contributed by atoms with Crippen LogP contribution in [0.2, 0.25) is 0 Å². The fourth-order valence-corrected chi connectivity index (χ4v) is 2.39. The van der Waals surface area contributed by atoms with E-state index in [-0.39, 0.29) is 11.6 Å². The summed E-state index contributed by atoms with van der Waals surface area (Å²) in [6.07, 6.45) is 2.01. The monoisotopic (exact) mass is 249 g/mol. The molecular weight excluding hydrogens is 222 g/mol. The Morgan fingerprint density at radius 1 is 1.33 bits per heavy atom. The zero-order chi connectivity index (χ0) is 13.8. The van der Waals surface area contributed by atoms with Crippen molar-refractivity contribution in [3.05, 3.63) is 35.4 Å². The molecule has 3 N–H and O–H groups in total. The van der Waals surface area contributed by atoms with E-state index in [1.807, 2.05) is 0 Å². The minimum Gasteiger partial charge on any atom is -0.302 e. The number of rotatable bonds is 6. The Bertz CT molecular complexity index is 376. The van der Waals surface area contributed by atoms with Gasteiger partial charge in [-0.1, -0.05) is 31.2 Å². The van der Waals surface area contributed by atoms with Crippen molar-refractivity contribution in [3.63, 3.8) is 0 Å². The Morgan fingerprint density at radius 3 is 2.39 bits per heavy atom. The van der Waals surface area contributed by atoms with Gasteiger partial charge in [-0.25, -0.2) is 0 Å². The van der Waals surface area contributed by atoms with Gasteiger partial charge in [-0.2, -0.15) is 0 Å². The summed E-state index contributed by atoms with van der Waals surface area (Å²) in [6.45, 7) is 6.62. The number of likely N-dealkylation sites (N-methyl/N-ethyl adjacent to an activating group) is 1. The molecule has 2 unspecified atom stereocenters. The molecule has 3 heteroatoms. The molecule has 0 aliphatic rings. The van der Waals surface area contributed by atoms with Gasteiger partial charge < -0.3 is 4.90 Å². The lowest BCUT2D eigenvalue weighted by molar-refractivity contribution is 0.112. The predicted molar refractivity (Wildman–Crippen MR) is 78.4 cm³/mol. The van der Waals surface area contributed by atoms with E-state index in [0.717, 1.165) is 12.8 Å². The van der Waals surface area contributed by atoms with Crippen LogP contribution in [0.4, 0.5) is 0 Å². The topological polar surface area (TPSA) is 41.3 Å². The second-order valence-electron chi connectivity index (χ2n) is 5.46. The summed E-state index contributed by atoms with van der Waals surface area (Å²) >= 11 is 0. The van der Waals surface area contributed by atoms with E-state index in [4.69, 9.17) is 5.84 Å². The van der Waals surface area contributed by atoms with Gasteiger partial charge in [0.05, 0.1) is 0 Å². The maximum atomic E-state index is 5.79. The fraction of sp³-hybridized carbons (Fsp3) is 0.600. The van der Waals surface area contributed by atoms with Crippen molar-refractivity contribution in [3.8, 4) is 0 Å². The lowest BCUT2D eigenvalue weighted by atomic mass is 9.84. The number of hydrogen-bond donors (Lipinski definition) is 2. The Kier molecular flexibility index (Phi) is 5.32. The normalized spacial score (nSPS) is 16.6. The number of nitrogens with two attached hydrogens (primary N) is 1. The van der Waals surface area contributed by atoms with Crippen molar-refractivity contribution >= 4 is 0 Å². The second kappa shape index (κ2) is 6.32. The van der Waals surface area contributed by atoms with Gasteiger partial charge >= 0.3 is 0 Å². The van der Waals surface area contributed by atoms with E-state index in [0.29, 0.717) is 0 Å². The van der Waals surface area contributed by atoms with E-state index in [9.17, 15) is 0 Å². The number of benzene rings is 1. The van der Waals surface area contributed by atoms with Crippen molar-refractivity contribution in [1.29, 1.82) is 0 Å². The van der Waals surface area contributed by atoms with Crippen molar-refractivity contribution < 1.29 is 0 Å². The first-order chi connectivity index (χ1) is 8.45. The third-order valence-corrected chi connectivity index (χ3v) is 4.37. The molecule has 102 valence electrons. The van der Waals surface area contributed by atoms with Crippen molar-refractivity contribution in [1.82, 2.24) is 10.3 Å². The summed E-state index contributed by atoms with van der Waals surface area (Å²) < 4.78 is 0. The van der Waals surface area contributed by atoms with Gasteiger partial charge in [0.1, 0.15) is 0 Å². The lowest BCUT2D eigenvalue weighted by Crippen LogP contribution is -2.59. The third-order valence-electron chi connectivity index (χ3n) is 4.37. The van der Waals surface area contributed by atoms with Crippen LogP contribution in [-0.4, -0.2) is 30.6 Å². The minimum atomic E-state index is 0.0526. The quantitative estimate of drug-likeness (QED) is 0.599. The largest absolute Gasteiger partial charge is 0.302 e. The lowest BCUT2D eigenvalue weighted by Gasteiger charge is -2.42. The molecule has 0 amide bonds. The van der Waals surface area contributed by atoms with Gasteiger partial charge in [0, 0.05) is 11.6 Å². The van der Waals surface area contributed by atoms with Gasteiger partial charge in [-0.3, -0.25) is 11.3 Å². The fourth-order valence-electron chi connectivity index (χ4n) is 2.39. The van der Waals surface area contributed by atoms with E-state index >= 15 is 0 Å². The van der Waals surface area contributed by atoms with Crippen LogP contribution in [0.25, 0.3) is 0 Å². The average Bonchev–Trinajstić information content (AvgIpc) is 2.36. The molecule has 2 atom stereocenters. The van der Waals surface area contributed by atoms with Crippen LogP contribution < -0.4 is 11.3 Å². The molecule has 0 fully saturated rings. The van der Waals surface area contributed by atoms with E-state index in [1.54, 1.807) is 0 Å². The molecule has 0 heterocycles. The molecule has 1 aromatic carbocycles. The first kappa shape index (κ1) is 15.2. The Hall–Kier alpha value is -0.900. The SMILES string of the molecule is CCC(C)(C(Cc1ccccc1C)NN)N(C)C. The zero-order valence-electron chi connectivity index (χ0n) is 12.3. The van der Waals surface area contributed by atoms with E-state index < -0.39 is 0 Å². The number of nitrogens with one attached hydrogen (secondary N) is 1. The molecule has 0 saturated carbocycles. The van der Waals surface area contributed by atoms with Gasteiger partial charge in [0.25, 0.3) is 0 Å². The summed E-state index contributed by atoms with van der Waals surface area (Å²) in [4.78, 5) is 2.26. The summed E-state index contributed by atoms with van der Waals surface area (Å²) in [6, 6.07) is 8.75. The van der Waals surface area contributed by atoms with Crippen LogP contribution in [0.5, 0.6) is 0 Å². The van der Waals surface area contributed by atoms with E-state index in [1.165, 1.54) is 11.1 Å². The molecule has 0 saturated heterocycles. The van der Waals surface area contributed by atoms with Gasteiger partial charge in [0.2, 0.25) is 0 Å². The highest BCUT2D eigenvalue weighted by Gasteiger charge is 2.34. The molecule has 18 heavy (non-hydrogen) atoms. The minimum absolute atomic E-state index is 0.0526. The molecule has 0 aliphatic carbocycles. The van der Waals surface area contributed by atoms with Crippen molar-refractivity contribution in [2.24, 2.45) is 5.84 Å². The summed E-state index contributed by atoms with van der Waals surface area (Å²) in [5.41, 5.74) is 5.75. The van der Waals surface area contributed by atoms with Crippen molar-refractivity contribution in [2.45, 2.75) is 45.2 Å². The Balaban J connectivity index is 2.94. The molecule has 0 spiro atoms. The molecule has 0 aromatic heterocycles. The number of aryl methyl sites for hydroxylation is 1. The van der Waals surface area contributed by atoms with Crippen LogP contribution >= 0.6 is 0 Å². The maximum absolute atomic E-state index is 5.79. The van der Waals surface area contributed by atoms with Gasteiger partial charge in [-0.15, -0.1) is 0 Å². The molecule has 0 aliphatic heterocycles. The Morgan fingerprint density at radius 2 is 1.94 bits per heavy atom.